The monoisotopic (exact) mass is 298 g/mol. The Morgan fingerprint density at radius 2 is 1.68 bits per heavy atom. The number of para-hydroxylation sites is 3. The molecule has 1 N–H and O–H groups in total. The lowest BCUT2D eigenvalue weighted by atomic mass is 10.2. The van der Waals surface area contributed by atoms with Crippen LogP contribution < -0.4 is 15.0 Å². The molecule has 0 atom stereocenters. The van der Waals surface area contributed by atoms with Crippen LogP contribution in [-0.4, -0.2) is 32.4 Å². The van der Waals surface area contributed by atoms with Crippen molar-refractivity contribution in [3.63, 3.8) is 0 Å². The van der Waals surface area contributed by atoms with Crippen molar-refractivity contribution in [2.24, 2.45) is 0 Å². The fourth-order valence-corrected chi connectivity index (χ4v) is 2.39. The second kappa shape index (κ2) is 6.95. The van der Waals surface area contributed by atoms with Gasteiger partial charge in [-0.15, -0.1) is 0 Å². The van der Waals surface area contributed by atoms with Crippen LogP contribution in [0.3, 0.4) is 0 Å². The SMILES string of the molecule is O=C(Nc1ccccc1N1CCOCC1)Oc1ccccc1. The molecule has 2 aromatic rings. The average Bonchev–Trinajstić information content (AvgIpc) is 2.57. The number of morpholine rings is 1. The predicted octanol–water partition coefficient (Wildman–Crippen LogP) is 3.13. The number of carbonyl (C=O) groups excluding carboxylic acids is 1. The van der Waals surface area contributed by atoms with Crippen LogP contribution in [0.4, 0.5) is 16.2 Å². The van der Waals surface area contributed by atoms with Gasteiger partial charge < -0.3 is 14.4 Å². The molecule has 0 aromatic heterocycles. The molecule has 1 fully saturated rings. The van der Waals surface area contributed by atoms with Gasteiger partial charge in [0.05, 0.1) is 24.6 Å². The van der Waals surface area contributed by atoms with Crippen LogP contribution >= 0.6 is 0 Å². The molecular weight excluding hydrogens is 280 g/mol. The summed E-state index contributed by atoms with van der Waals surface area (Å²) < 4.78 is 10.6. The average molecular weight is 298 g/mol. The summed E-state index contributed by atoms with van der Waals surface area (Å²) in [6, 6.07) is 16.7. The highest BCUT2D eigenvalue weighted by atomic mass is 16.6. The van der Waals surface area contributed by atoms with E-state index in [1.165, 1.54) is 0 Å². The maximum atomic E-state index is 12.0. The Bertz CT molecular complexity index is 625. The number of anilines is 2. The number of hydrogen-bond acceptors (Lipinski definition) is 4. The minimum Gasteiger partial charge on any atom is -0.410 e. The van der Waals surface area contributed by atoms with E-state index in [1.54, 1.807) is 12.1 Å². The second-order valence-corrected chi connectivity index (χ2v) is 4.94. The number of carbonyl (C=O) groups is 1. The molecule has 1 saturated heterocycles. The van der Waals surface area contributed by atoms with Crippen molar-refractivity contribution < 1.29 is 14.3 Å². The molecule has 2 aromatic carbocycles. The summed E-state index contributed by atoms with van der Waals surface area (Å²) in [6.07, 6.45) is -0.494. The van der Waals surface area contributed by atoms with Crippen LogP contribution in [0, 0.1) is 0 Å². The number of nitrogens with zero attached hydrogens (tertiary/aromatic N) is 1. The van der Waals surface area contributed by atoms with Crippen molar-refractivity contribution in [2.75, 3.05) is 36.5 Å². The third kappa shape index (κ3) is 3.56. The number of ether oxygens (including phenoxy) is 2. The number of amides is 1. The van der Waals surface area contributed by atoms with Gasteiger partial charge in [0.1, 0.15) is 5.75 Å². The minimum atomic E-state index is -0.494. The summed E-state index contributed by atoms with van der Waals surface area (Å²) in [5.74, 6) is 0.517. The van der Waals surface area contributed by atoms with E-state index in [0.717, 1.165) is 24.5 Å². The molecule has 22 heavy (non-hydrogen) atoms. The van der Waals surface area contributed by atoms with Gasteiger partial charge in [0.2, 0.25) is 0 Å². The van der Waals surface area contributed by atoms with Gasteiger partial charge in [0.25, 0.3) is 0 Å². The molecule has 0 aliphatic carbocycles. The van der Waals surface area contributed by atoms with Crippen molar-refractivity contribution in [1.29, 1.82) is 0 Å². The molecule has 0 spiro atoms. The van der Waals surface area contributed by atoms with Crippen LogP contribution in [0.1, 0.15) is 0 Å². The largest absolute Gasteiger partial charge is 0.417 e. The summed E-state index contributed by atoms with van der Waals surface area (Å²) in [4.78, 5) is 14.2. The van der Waals surface area contributed by atoms with Crippen molar-refractivity contribution >= 4 is 17.5 Å². The first-order chi connectivity index (χ1) is 10.8. The summed E-state index contributed by atoms with van der Waals surface area (Å²) in [6.45, 7) is 3.02. The van der Waals surface area contributed by atoms with E-state index in [1.807, 2.05) is 42.5 Å². The van der Waals surface area contributed by atoms with Crippen molar-refractivity contribution in [1.82, 2.24) is 0 Å². The first-order valence-corrected chi connectivity index (χ1v) is 7.28. The smallest absolute Gasteiger partial charge is 0.410 e. The number of nitrogens with one attached hydrogen (secondary N) is 1. The van der Waals surface area contributed by atoms with Crippen LogP contribution in [0.15, 0.2) is 54.6 Å². The zero-order valence-electron chi connectivity index (χ0n) is 12.2. The zero-order chi connectivity index (χ0) is 15.2. The van der Waals surface area contributed by atoms with E-state index in [9.17, 15) is 4.79 Å². The normalized spacial score (nSPS) is 14.5. The van der Waals surface area contributed by atoms with Crippen LogP contribution in [0.25, 0.3) is 0 Å². The van der Waals surface area contributed by atoms with Crippen molar-refractivity contribution in [3.8, 4) is 5.75 Å². The standard InChI is InChI=1S/C17H18N2O3/c20-17(22-14-6-2-1-3-7-14)18-15-8-4-5-9-16(15)19-10-12-21-13-11-19/h1-9H,10-13H2,(H,18,20). The van der Waals surface area contributed by atoms with Gasteiger partial charge in [-0.05, 0) is 24.3 Å². The van der Waals surface area contributed by atoms with Crippen molar-refractivity contribution in [3.05, 3.63) is 54.6 Å². The van der Waals surface area contributed by atoms with Gasteiger partial charge in [0, 0.05) is 13.1 Å². The first kappa shape index (κ1) is 14.4. The third-order valence-electron chi connectivity index (χ3n) is 3.45. The molecule has 0 unspecified atom stereocenters. The topological polar surface area (TPSA) is 50.8 Å². The Morgan fingerprint density at radius 3 is 2.45 bits per heavy atom. The van der Waals surface area contributed by atoms with Crippen molar-refractivity contribution in [2.45, 2.75) is 0 Å². The Hall–Kier alpha value is -2.53. The van der Waals surface area contributed by atoms with Gasteiger partial charge in [-0.1, -0.05) is 30.3 Å². The Morgan fingerprint density at radius 1 is 1.00 bits per heavy atom. The summed E-state index contributed by atoms with van der Waals surface area (Å²) in [5.41, 5.74) is 1.72. The summed E-state index contributed by atoms with van der Waals surface area (Å²) in [5, 5.41) is 2.81. The van der Waals surface area contributed by atoms with Crippen LogP contribution in [-0.2, 0) is 4.74 Å². The molecule has 0 bridgehead atoms. The van der Waals surface area contributed by atoms with E-state index in [4.69, 9.17) is 9.47 Å². The van der Waals surface area contributed by atoms with Crippen LogP contribution in [0.2, 0.25) is 0 Å². The first-order valence-electron chi connectivity index (χ1n) is 7.28. The third-order valence-corrected chi connectivity index (χ3v) is 3.45. The molecular formula is C17H18N2O3. The van der Waals surface area contributed by atoms with E-state index >= 15 is 0 Å². The Balaban J connectivity index is 1.70. The van der Waals surface area contributed by atoms with E-state index in [-0.39, 0.29) is 0 Å². The number of benzene rings is 2. The van der Waals surface area contributed by atoms with E-state index in [2.05, 4.69) is 10.2 Å². The van der Waals surface area contributed by atoms with Gasteiger partial charge >= 0.3 is 6.09 Å². The summed E-state index contributed by atoms with van der Waals surface area (Å²) >= 11 is 0. The second-order valence-electron chi connectivity index (χ2n) is 4.94. The van der Waals surface area contributed by atoms with Gasteiger partial charge in [0.15, 0.2) is 0 Å². The molecule has 0 saturated carbocycles. The maximum absolute atomic E-state index is 12.0. The highest BCUT2D eigenvalue weighted by molar-refractivity contribution is 5.90. The predicted molar refractivity (Wildman–Crippen MR) is 85.6 cm³/mol. The molecule has 1 heterocycles. The maximum Gasteiger partial charge on any atom is 0.417 e. The van der Waals surface area contributed by atoms with Gasteiger partial charge in [-0.3, -0.25) is 5.32 Å². The highest BCUT2D eigenvalue weighted by Crippen LogP contribution is 2.26. The highest BCUT2D eigenvalue weighted by Gasteiger charge is 2.16. The molecule has 1 aliphatic heterocycles. The number of rotatable bonds is 3. The zero-order valence-corrected chi connectivity index (χ0v) is 12.2. The number of hydrogen-bond donors (Lipinski definition) is 1. The minimum absolute atomic E-state index is 0.494. The Labute approximate surface area is 129 Å². The van der Waals surface area contributed by atoms with Crippen LogP contribution in [0.5, 0.6) is 5.75 Å². The van der Waals surface area contributed by atoms with Gasteiger partial charge in [-0.25, -0.2) is 4.79 Å². The molecule has 1 amide bonds. The van der Waals surface area contributed by atoms with E-state index < -0.39 is 6.09 Å². The molecule has 1 aliphatic rings. The quantitative estimate of drug-likeness (QED) is 0.946. The lowest BCUT2D eigenvalue weighted by Crippen LogP contribution is -2.36. The fourth-order valence-electron chi connectivity index (χ4n) is 2.39. The Kier molecular flexibility index (Phi) is 4.56. The lowest BCUT2D eigenvalue weighted by molar-refractivity contribution is 0.123. The van der Waals surface area contributed by atoms with Gasteiger partial charge in [-0.2, -0.15) is 0 Å². The molecule has 0 radical (unpaired) electrons. The summed E-state index contributed by atoms with van der Waals surface area (Å²) in [7, 11) is 0. The van der Waals surface area contributed by atoms with E-state index in [0.29, 0.717) is 19.0 Å². The molecule has 114 valence electrons. The lowest BCUT2D eigenvalue weighted by Gasteiger charge is -2.30. The molecule has 5 heteroatoms. The fraction of sp³-hybridized carbons (Fsp3) is 0.235. The molecule has 3 rings (SSSR count). The molecule has 5 nitrogen and oxygen atoms in total.